The average Bonchev–Trinajstić information content (AvgIpc) is 3.20. The van der Waals surface area contributed by atoms with E-state index >= 15 is 0 Å². The second-order valence-corrected chi connectivity index (χ2v) is 19.6. The van der Waals surface area contributed by atoms with Gasteiger partial charge in [-0.1, -0.05) is 0 Å². The van der Waals surface area contributed by atoms with Crippen molar-refractivity contribution in [3.05, 3.63) is 55.8 Å². The van der Waals surface area contributed by atoms with Crippen LogP contribution in [0.15, 0.2) is 12.1 Å². The third-order valence-corrected chi connectivity index (χ3v) is 13.7. The summed E-state index contributed by atoms with van der Waals surface area (Å²) in [5, 5.41) is 116. The van der Waals surface area contributed by atoms with Gasteiger partial charge in [-0.05, 0) is 148 Å². The summed E-state index contributed by atoms with van der Waals surface area (Å²) in [6, 6.07) is 3.05. The number of hydrazine groups is 2. The number of aliphatic hydroxyl groups is 11. The first kappa shape index (κ1) is 56.3. The van der Waals surface area contributed by atoms with Crippen LogP contribution in [-0.2, 0) is 0 Å². The largest absolute Gasteiger partial charge is 0.394 e. The van der Waals surface area contributed by atoms with E-state index in [2.05, 4.69) is 21.5 Å². The van der Waals surface area contributed by atoms with Gasteiger partial charge in [0, 0.05) is 47.6 Å². The fourth-order valence-electron chi connectivity index (χ4n) is 4.83. The highest BCUT2D eigenvalue weighted by molar-refractivity contribution is 14.1. The summed E-state index contributed by atoms with van der Waals surface area (Å²) >= 11 is 11.1. The predicted octanol–water partition coefficient (Wildman–Crippen LogP) is -3.14. The van der Waals surface area contributed by atoms with Crippen LogP contribution in [0.25, 0.3) is 0 Å². The molecule has 0 radical (unpaired) electrons. The van der Waals surface area contributed by atoms with Gasteiger partial charge in [-0.3, -0.25) is 29.2 Å². The van der Waals surface area contributed by atoms with Crippen molar-refractivity contribution in [3.8, 4) is 0 Å². The fraction of sp³-hybridized carbons (Fsp3) is 0.515. The molecule has 2 rings (SSSR count). The first-order chi connectivity index (χ1) is 28.1. The Morgan fingerprint density at radius 2 is 0.783 bits per heavy atom. The number of amides is 4. The highest BCUT2D eigenvalue weighted by Gasteiger charge is 2.33. The Morgan fingerprint density at radius 1 is 0.467 bits per heavy atom. The number of nitrogens with one attached hydrogen (secondary N) is 4. The lowest BCUT2D eigenvalue weighted by Crippen LogP contribution is -2.56. The normalized spacial score (nSPS) is 15.0. The van der Waals surface area contributed by atoms with E-state index < -0.39 is 119 Å². The van der Waals surface area contributed by atoms with Gasteiger partial charge in [0.1, 0.15) is 12.2 Å². The molecule has 4 amide bonds. The summed E-state index contributed by atoms with van der Waals surface area (Å²) in [5.41, 5.74) is 5.26. The second kappa shape index (κ2) is 27.6. The van der Waals surface area contributed by atoms with Crippen LogP contribution in [0.5, 0.6) is 0 Å². The molecule has 6 unspecified atom stereocenters. The van der Waals surface area contributed by atoms with Gasteiger partial charge in [0.25, 0.3) is 23.6 Å². The Hall–Kier alpha value is 0.180. The smallest absolute Gasteiger partial charge is 0.270 e. The molecule has 0 saturated carbocycles. The fourth-order valence-corrected chi connectivity index (χ4v) is 13.5. The molecule has 0 aliphatic carbocycles. The maximum Gasteiger partial charge on any atom is 0.270 e. The summed E-state index contributed by atoms with van der Waals surface area (Å²) < 4.78 is 1.83. The van der Waals surface area contributed by atoms with Gasteiger partial charge in [0.15, 0.2) is 0 Å². The Morgan fingerprint density at radius 3 is 1.08 bits per heavy atom. The van der Waals surface area contributed by atoms with Gasteiger partial charge >= 0.3 is 0 Å². The Labute approximate surface area is 425 Å². The first-order valence-corrected chi connectivity index (χ1v) is 23.8. The van der Waals surface area contributed by atoms with Crippen molar-refractivity contribution >= 4 is 159 Å². The number of hydrogen-bond donors (Lipinski definition) is 15. The number of rotatable bonds is 24. The number of hydrogen-bond acceptors (Lipinski definition) is 17. The van der Waals surface area contributed by atoms with Crippen molar-refractivity contribution < 1.29 is 75.3 Å². The van der Waals surface area contributed by atoms with E-state index in [4.69, 9.17) is 0 Å². The van der Waals surface area contributed by atoms with Crippen LogP contribution in [0.4, 0.5) is 0 Å². The molecule has 0 bridgehead atoms. The molecule has 0 aromatic heterocycles. The molecular formula is C33H44I6N6O15. The van der Waals surface area contributed by atoms with Crippen LogP contribution >= 0.6 is 136 Å². The maximum atomic E-state index is 14.4. The van der Waals surface area contributed by atoms with Crippen molar-refractivity contribution in [1.29, 1.82) is 0 Å². The van der Waals surface area contributed by atoms with Crippen molar-refractivity contribution in [1.82, 2.24) is 31.5 Å². The summed E-state index contributed by atoms with van der Waals surface area (Å²) in [5.74, 6) is -3.07. The topological polar surface area (TPSA) is 345 Å². The number of aliphatic hydroxyl groups excluding tert-OH is 11. The minimum Gasteiger partial charge on any atom is -0.394 e. The number of nitrogens with zero attached hydrogens (tertiary/aromatic N) is 2. The third-order valence-electron chi connectivity index (χ3n) is 8.16. The lowest BCUT2D eigenvalue weighted by molar-refractivity contribution is -0.0287. The van der Waals surface area contributed by atoms with Gasteiger partial charge < -0.3 is 66.8 Å². The van der Waals surface area contributed by atoms with Crippen LogP contribution in [0.1, 0.15) is 41.4 Å². The van der Waals surface area contributed by atoms with E-state index in [1.165, 1.54) is 12.1 Å². The van der Waals surface area contributed by atoms with Gasteiger partial charge in [0.05, 0.1) is 92.3 Å². The molecule has 0 saturated heterocycles. The van der Waals surface area contributed by atoms with E-state index in [-0.39, 0.29) is 42.5 Å². The molecule has 2 aromatic rings. The highest BCUT2D eigenvalue weighted by Crippen LogP contribution is 2.30. The quantitative estimate of drug-likeness (QED) is 0.0365. The minimum absolute atomic E-state index is 0.0466. The Bertz CT molecular complexity index is 1680. The molecule has 0 aliphatic rings. The molecule has 0 fully saturated rings. The van der Waals surface area contributed by atoms with Crippen molar-refractivity contribution in [2.75, 3.05) is 65.7 Å². The molecule has 0 spiro atoms. The summed E-state index contributed by atoms with van der Waals surface area (Å²) in [4.78, 5) is 55.2. The van der Waals surface area contributed by atoms with Crippen LogP contribution < -0.4 is 21.5 Å². The van der Waals surface area contributed by atoms with Crippen LogP contribution in [0.2, 0.25) is 0 Å². The summed E-state index contributed by atoms with van der Waals surface area (Å²) in [6.45, 7) is -5.91. The molecule has 15 N–H and O–H groups in total. The Kier molecular flexibility index (Phi) is 25.9. The lowest BCUT2D eigenvalue weighted by Gasteiger charge is -2.32. The van der Waals surface area contributed by atoms with E-state index in [0.717, 1.165) is 10.0 Å². The zero-order chi connectivity index (χ0) is 45.6. The van der Waals surface area contributed by atoms with Gasteiger partial charge in [0.2, 0.25) is 0 Å². The van der Waals surface area contributed by atoms with Crippen molar-refractivity contribution in [2.24, 2.45) is 0 Å². The predicted molar refractivity (Wildman–Crippen MR) is 262 cm³/mol. The number of benzene rings is 2. The number of halogens is 6. The Balaban J connectivity index is 2.63. The molecule has 27 heteroatoms. The van der Waals surface area contributed by atoms with Gasteiger partial charge in [-0.2, -0.15) is 0 Å². The second-order valence-electron chi connectivity index (χ2n) is 12.7. The molecule has 0 heterocycles. The molecule has 21 nitrogen and oxygen atoms in total. The van der Waals surface area contributed by atoms with Crippen molar-refractivity contribution in [3.63, 3.8) is 0 Å². The van der Waals surface area contributed by atoms with E-state index in [9.17, 15) is 75.3 Å². The SMILES string of the molecule is O=C(NCC(O)CO)c1c(I)cc(I)c(C(=O)N(CC(O)CN(NCC(O)C(O)CO)C(=O)c2c(I)cc(I)c(C(=O)NCC(O)CO)c2I)NCC(O)C(O)CO)c1I. The third kappa shape index (κ3) is 16.3. The van der Waals surface area contributed by atoms with Crippen molar-refractivity contribution in [2.45, 2.75) is 42.7 Å². The molecular weight excluding hydrogens is 1480 g/mol. The molecule has 60 heavy (non-hydrogen) atoms. The van der Waals surface area contributed by atoms with E-state index in [1.807, 2.05) is 90.4 Å². The highest BCUT2D eigenvalue weighted by atomic mass is 127. The number of carbonyl (C=O) groups excluding carboxylic acids is 4. The van der Waals surface area contributed by atoms with Crippen LogP contribution in [0, 0.1) is 21.4 Å². The summed E-state index contributed by atoms with van der Waals surface area (Å²) in [6.07, 6.45) is -10.7. The lowest BCUT2D eigenvalue weighted by atomic mass is 10.1. The van der Waals surface area contributed by atoms with E-state index in [1.54, 1.807) is 45.2 Å². The molecule has 338 valence electrons. The molecule has 0 aliphatic heterocycles. The zero-order valence-corrected chi connectivity index (χ0v) is 43.9. The number of carbonyl (C=O) groups is 4. The average molecular weight is 1530 g/mol. The van der Waals surface area contributed by atoms with Gasteiger partial charge in [-0.15, -0.1) is 0 Å². The minimum atomic E-state index is -1.68. The standard InChI is InChI=1S/C33H44I6N6O15/c34-16-1-18(36)26(28(38)24(16)30(57)40-3-13(50)9-46)32(59)44(42-5-20(53)22(55)11-48)7-15(52)8-45(43-6-21(54)23(56)12-49)33(60)27-19(37)2-17(35)25(29(27)39)31(58)41-4-14(51)10-47/h1-2,13-15,20-23,42-43,46-56H,3-12H2,(H,40,57)(H,41,58). The first-order valence-electron chi connectivity index (χ1n) is 17.4. The molecule has 6 atom stereocenters. The molecule has 2 aromatic carbocycles. The van der Waals surface area contributed by atoms with Crippen LogP contribution in [0.3, 0.4) is 0 Å². The monoisotopic (exact) mass is 1530 g/mol. The van der Waals surface area contributed by atoms with Gasteiger partial charge in [-0.25, -0.2) is 10.9 Å². The maximum absolute atomic E-state index is 14.4. The van der Waals surface area contributed by atoms with E-state index in [0.29, 0.717) is 14.3 Å². The summed E-state index contributed by atoms with van der Waals surface area (Å²) in [7, 11) is 0. The zero-order valence-electron chi connectivity index (χ0n) is 31.0. The van der Waals surface area contributed by atoms with Crippen LogP contribution in [-0.4, -0.2) is 198 Å².